The molecule has 0 aliphatic rings. The fraction of sp³-hybridized carbons (Fsp3) is 0.316. The van der Waals surface area contributed by atoms with E-state index in [0.717, 1.165) is 6.07 Å². The van der Waals surface area contributed by atoms with E-state index in [1.165, 1.54) is 24.8 Å². The molecule has 0 bridgehead atoms. The van der Waals surface area contributed by atoms with E-state index >= 15 is 0 Å². The van der Waals surface area contributed by atoms with E-state index in [0.29, 0.717) is 22.9 Å². The highest BCUT2D eigenvalue weighted by molar-refractivity contribution is 5.63. The molecular weight excluding hydrogens is 354 g/mol. The summed E-state index contributed by atoms with van der Waals surface area (Å²) in [5.74, 6) is -0.652. The minimum absolute atomic E-state index is 0.0346. The lowest BCUT2D eigenvalue weighted by molar-refractivity contribution is 0.131. The molecule has 6 nitrogen and oxygen atoms in total. The van der Waals surface area contributed by atoms with Crippen LogP contribution in [0, 0.1) is 25.5 Å². The van der Waals surface area contributed by atoms with Crippen molar-refractivity contribution in [2.75, 3.05) is 0 Å². The number of aryl methyl sites for hydroxylation is 2. The van der Waals surface area contributed by atoms with Gasteiger partial charge < -0.3 is 15.3 Å². The van der Waals surface area contributed by atoms with Crippen LogP contribution in [0.3, 0.4) is 0 Å². The predicted octanol–water partition coefficient (Wildman–Crippen LogP) is 3.32. The fourth-order valence-corrected chi connectivity index (χ4v) is 3.11. The molecule has 2 unspecified atom stereocenters. The highest BCUT2D eigenvalue weighted by Crippen LogP contribution is 2.35. The topological polar surface area (TPSA) is 98.1 Å². The molecule has 2 aromatic heterocycles. The van der Waals surface area contributed by atoms with Crippen LogP contribution in [-0.2, 0) is 5.54 Å². The third-order valence-corrected chi connectivity index (χ3v) is 4.42. The van der Waals surface area contributed by atoms with Gasteiger partial charge in [-0.05, 0) is 19.9 Å². The number of nitrogens with two attached hydrogens (primary N) is 1. The minimum Gasteiger partial charge on any atom is -0.446 e. The van der Waals surface area contributed by atoms with Crippen molar-refractivity contribution >= 4 is 0 Å². The van der Waals surface area contributed by atoms with Crippen molar-refractivity contribution in [1.29, 1.82) is 0 Å². The zero-order valence-electron chi connectivity index (χ0n) is 15.2. The van der Waals surface area contributed by atoms with Gasteiger partial charge in [0.25, 0.3) is 0 Å². The van der Waals surface area contributed by atoms with Gasteiger partial charge in [-0.1, -0.05) is 0 Å². The molecule has 0 radical (unpaired) electrons. The molecule has 2 heterocycles. The summed E-state index contributed by atoms with van der Waals surface area (Å²) in [4.78, 5) is 11.9. The summed E-state index contributed by atoms with van der Waals surface area (Å²) < 4.78 is 34.1. The molecule has 27 heavy (non-hydrogen) atoms. The maximum Gasteiger partial charge on any atom is 0.191 e. The Morgan fingerprint density at radius 3 is 2.44 bits per heavy atom. The number of rotatable bonds is 5. The first-order valence-electron chi connectivity index (χ1n) is 8.35. The molecule has 0 saturated carbocycles. The lowest BCUT2D eigenvalue weighted by atomic mass is 9.84. The van der Waals surface area contributed by atoms with Gasteiger partial charge in [-0.3, -0.25) is 0 Å². The normalized spacial score (nSPS) is 14.8. The SMILES string of the molecule is Cc1nc(C(O)CC(C)(N)c2cc(-c3cncnc3)c(F)cc2F)c(C)o1. The van der Waals surface area contributed by atoms with E-state index in [1.54, 1.807) is 20.8 Å². The van der Waals surface area contributed by atoms with Crippen LogP contribution >= 0.6 is 0 Å². The second-order valence-corrected chi connectivity index (χ2v) is 6.75. The van der Waals surface area contributed by atoms with Crippen LogP contribution in [-0.4, -0.2) is 20.1 Å². The van der Waals surface area contributed by atoms with Crippen molar-refractivity contribution < 1.29 is 18.3 Å². The van der Waals surface area contributed by atoms with Gasteiger partial charge in [0.05, 0.1) is 0 Å². The van der Waals surface area contributed by atoms with Crippen LogP contribution < -0.4 is 5.73 Å². The Morgan fingerprint density at radius 2 is 1.85 bits per heavy atom. The van der Waals surface area contributed by atoms with Crippen LogP contribution in [0.5, 0.6) is 0 Å². The van der Waals surface area contributed by atoms with Gasteiger partial charge in [0.1, 0.15) is 35.5 Å². The third-order valence-electron chi connectivity index (χ3n) is 4.42. The lowest BCUT2D eigenvalue weighted by Crippen LogP contribution is -2.36. The van der Waals surface area contributed by atoms with Gasteiger partial charge in [0.2, 0.25) is 0 Å². The highest BCUT2D eigenvalue weighted by Gasteiger charge is 2.31. The molecular formula is C19H20F2N4O2. The van der Waals surface area contributed by atoms with E-state index in [2.05, 4.69) is 15.0 Å². The number of nitrogens with zero attached hydrogens (tertiary/aromatic N) is 3. The summed E-state index contributed by atoms with van der Waals surface area (Å²) in [7, 11) is 0. The van der Waals surface area contributed by atoms with Crippen molar-refractivity contribution in [3.63, 3.8) is 0 Å². The largest absolute Gasteiger partial charge is 0.446 e. The quantitative estimate of drug-likeness (QED) is 0.711. The summed E-state index contributed by atoms with van der Waals surface area (Å²) in [5, 5.41) is 10.5. The van der Waals surface area contributed by atoms with Crippen LogP contribution in [0.1, 0.15) is 42.4 Å². The molecule has 142 valence electrons. The van der Waals surface area contributed by atoms with Gasteiger partial charge in [0.15, 0.2) is 5.89 Å². The van der Waals surface area contributed by atoms with Crippen molar-refractivity contribution in [1.82, 2.24) is 15.0 Å². The lowest BCUT2D eigenvalue weighted by Gasteiger charge is -2.28. The fourth-order valence-electron chi connectivity index (χ4n) is 3.11. The smallest absolute Gasteiger partial charge is 0.191 e. The summed E-state index contributed by atoms with van der Waals surface area (Å²) in [6.45, 7) is 4.91. The molecule has 0 aliphatic heterocycles. The standard InChI is InChI=1S/C19H20F2N4O2/c1-10-18(25-11(2)27-10)17(26)6-19(3,22)14-4-13(15(20)5-16(14)21)12-7-23-9-24-8-12/h4-5,7-9,17,26H,6,22H2,1-3H3. The molecule has 0 fully saturated rings. The average Bonchev–Trinajstić information content (AvgIpc) is 2.93. The van der Waals surface area contributed by atoms with Crippen LogP contribution in [0.15, 0.2) is 35.3 Å². The van der Waals surface area contributed by atoms with E-state index < -0.39 is 23.3 Å². The Balaban J connectivity index is 1.97. The average molecular weight is 374 g/mol. The second kappa shape index (κ2) is 7.13. The van der Waals surface area contributed by atoms with E-state index in [1.807, 2.05) is 0 Å². The number of aliphatic hydroxyl groups excluding tert-OH is 1. The Morgan fingerprint density at radius 1 is 1.19 bits per heavy atom. The summed E-state index contributed by atoms with van der Waals surface area (Å²) in [6.07, 6.45) is 3.07. The zero-order chi connectivity index (χ0) is 19.8. The molecule has 8 heteroatoms. The summed E-state index contributed by atoms with van der Waals surface area (Å²) >= 11 is 0. The first-order chi connectivity index (χ1) is 12.7. The van der Waals surface area contributed by atoms with Gasteiger partial charge >= 0.3 is 0 Å². The molecule has 2 atom stereocenters. The van der Waals surface area contributed by atoms with Gasteiger partial charge in [0, 0.05) is 54.0 Å². The van der Waals surface area contributed by atoms with Crippen LogP contribution in [0.4, 0.5) is 8.78 Å². The Labute approximate surface area is 155 Å². The molecule has 3 aromatic rings. The van der Waals surface area contributed by atoms with Crippen LogP contribution in [0.25, 0.3) is 11.1 Å². The first-order valence-corrected chi connectivity index (χ1v) is 8.35. The Kier molecular flexibility index (Phi) is 5.03. The molecule has 3 N–H and O–H groups in total. The van der Waals surface area contributed by atoms with E-state index in [9.17, 15) is 13.9 Å². The number of halogens is 2. The highest BCUT2D eigenvalue weighted by atomic mass is 19.1. The van der Waals surface area contributed by atoms with E-state index in [4.69, 9.17) is 10.2 Å². The summed E-state index contributed by atoms with van der Waals surface area (Å²) in [5.41, 5.74) is 5.98. The van der Waals surface area contributed by atoms with Crippen LogP contribution in [0.2, 0.25) is 0 Å². The molecule has 1 aromatic carbocycles. The van der Waals surface area contributed by atoms with Gasteiger partial charge in [-0.25, -0.2) is 23.7 Å². The van der Waals surface area contributed by atoms with Crippen molar-refractivity contribution in [3.8, 4) is 11.1 Å². The monoisotopic (exact) mass is 374 g/mol. The minimum atomic E-state index is -1.29. The maximum atomic E-state index is 14.5. The molecule has 0 amide bonds. The number of aromatic nitrogens is 3. The van der Waals surface area contributed by atoms with Crippen molar-refractivity contribution in [3.05, 3.63) is 65.4 Å². The van der Waals surface area contributed by atoms with Gasteiger partial charge in [-0.2, -0.15) is 0 Å². The third kappa shape index (κ3) is 3.86. The Bertz CT molecular complexity index is 958. The zero-order valence-corrected chi connectivity index (χ0v) is 15.2. The molecule has 3 rings (SSSR count). The number of benzene rings is 1. The molecule has 0 aliphatic carbocycles. The molecule has 0 spiro atoms. The number of aliphatic hydroxyl groups is 1. The maximum absolute atomic E-state index is 14.5. The number of hydrogen-bond donors (Lipinski definition) is 2. The van der Waals surface area contributed by atoms with Gasteiger partial charge in [-0.15, -0.1) is 0 Å². The van der Waals surface area contributed by atoms with Crippen molar-refractivity contribution in [2.24, 2.45) is 5.73 Å². The van der Waals surface area contributed by atoms with E-state index in [-0.39, 0.29) is 17.5 Å². The predicted molar refractivity (Wildman–Crippen MR) is 94.5 cm³/mol. The number of hydrogen-bond acceptors (Lipinski definition) is 6. The second-order valence-electron chi connectivity index (χ2n) is 6.75. The number of oxazole rings is 1. The summed E-state index contributed by atoms with van der Waals surface area (Å²) in [6, 6.07) is 2.11. The first kappa shape index (κ1) is 19.1. The molecule has 0 saturated heterocycles. The van der Waals surface area contributed by atoms with Crippen molar-refractivity contribution in [2.45, 2.75) is 38.8 Å². The Hall–Kier alpha value is -2.71.